The van der Waals surface area contributed by atoms with Crippen molar-refractivity contribution in [3.05, 3.63) is 87.8 Å². The number of halogens is 3. The van der Waals surface area contributed by atoms with Crippen LogP contribution >= 0.6 is 34.8 Å². The first-order valence-electron chi connectivity index (χ1n) is 18.8. The zero-order valence-electron chi connectivity index (χ0n) is 36.8. The summed E-state index contributed by atoms with van der Waals surface area (Å²) in [5.74, 6) is 0.492. The van der Waals surface area contributed by atoms with Crippen LogP contribution in [0.25, 0.3) is 22.1 Å². The zero-order chi connectivity index (χ0) is 44.1. The molecule has 0 radical (unpaired) electrons. The van der Waals surface area contributed by atoms with Crippen molar-refractivity contribution in [1.29, 1.82) is 0 Å². The third-order valence-electron chi connectivity index (χ3n) is 9.86. The Kier molecular flexibility index (Phi) is 23.6. The molecular weight excluding hydrogens is 933 g/mol. The molecule has 0 atom stereocenters. The Bertz CT molecular complexity index is 2440. The molecule has 0 spiro atoms. The van der Waals surface area contributed by atoms with Gasteiger partial charge in [0.2, 0.25) is 17.7 Å². The zero-order valence-corrected chi connectivity index (χ0v) is 44.3. The maximum Gasteiger partial charge on any atom is 1.00 e. The molecule has 2 fully saturated rings. The third-order valence-corrected chi connectivity index (χ3v) is 11.0. The number of nitrogens with zero attached hydrogens (tertiary/aromatic N) is 12. The molecule has 0 bridgehead atoms. The normalized spacial score (nSPS) is 13.2. The van der Waals surface area contributed by atoms with Gasteiger partial charge in [-0.2, -0.15) is 10.2 Å². The van der Waals surface area contributed by atoms with E-state index >= 15 is 0 Å². The molecule has 2 amide bonds. The minimum Gasteiger partial charge on any atom is -1.00 e. The largest absolute Gasteiger partial charge is 1.00 e. The number of ether oxygens (including phenoxy) is 1. The number of benzene rings is 2. The molecule has 6 heterocycles. The second-order valence-corrected chi connectivity index (χ2v) is 14.6. The Morgan fingerprint density at radius 1 is 0.714 bits per heavy atom. The first kappa shape index (κ1) is 54.7. The van der Waals surface area contributed by atoms with E-state index in [2.05, 4.69) is 57.0 Å². The van der Waals surface area contributed by atoms with Crippen LogP contribution in [0.3, 0.4) is 0 Å². The number of aromatic nitrogens is 8. The molecule has 24 heteroatoms. The number of hydrogen-bond donors (Lipinski definition) is 1. The molecule has 2 saturated heterocycles. The summed E-state index contributed by atoms with van der Waals surface area (Å²) in [6.45, 7) is 9.86. The van der Waals surface area contributed by atoms with Gasteiger partial charge in [0.05, 0.1) is 24.9 Å². The van der Waals surface area contributed by atoms with Crippen molar-refractivity contribution in [2.75, 3.05) is 76.4 Å². The summed E-state index contributed by atoms with van der Waals surface area (Å²) < 4.78 is 8.38. The summed E-state index contributed by atoms with van der Waals surface area (Å²) in [4.78, 5) is 61.4. The van der Waals surface area contributed by atoms with Gasteiger partial charge in [-0.3, -0.25) is 14.4 Å². The van der Waals surface area contributed by atoms with Crippen LogP contribution in [0.2, 0.25) is 15.2 Å². The van der Waals surface area contributed by atoms with E-state index in [0.717, 1.165) is 65.8 Å². The van der Waals surface area contributed by atoms with Gasteiger partial charge < -0.3 is 41.0 Å². The van der Waals surface area contributed by atoms with Crippen molar-refractivity contribution in [1.82, 2.24) is 49.3 Å². The van der Waals surface area contributed by atoms with E-state index in [0.29, 0.717) is 59.3 Å². The summed E-state index contributed by atoms with van der Waals surface area (Å²) in [7, 11) is 2.55. The van der Waals surface area contributed by atoms with Gasteiger partial charge in [-0.25, -0.2) is 29.3 Å². The van der Waals surface area contributed by atoms with E-state index in [1.54, 1.807) is 28.9 Å². The van der Waals surface area contributed by atoms with Crippen LogP contribution in [0.5, 0.6) is 5.88 Å². The predicted octanol–water partition coefficient (Wildman–Crippen LogP) is -2.90. The molecule has 2 aliphatic rings. The Hall–Kier alpha value is -2.59. The minimum atomic E-state index is -0.181. The number of fused-ring (bicyclic) bond motifs is 2. The molecule has 2 aromatic carbocycles. The van der Waals surface area contributed by atoms with Crippen LogP contribution in [0.1, 0.15) is 12.6 Å². The SMILES string of the molecule is CO.COc1ncnc2c1cnn2CC(=O)N1CCN(c2ccc(Cl)c(C)c2)CC1.Cc1cc(N2CCN(C(=O)Cn3ncc4c(Cl)ncnc43)CC2)ccc1Cl.O=CO[O-].[H-].[K+].[K+]. The van der Waals surface area contributed by atoms with Crippen LogP contribution in [-0.2, 0) is 32.4 Å². The quantitative estimate of drug-likeness (QED) is 0.0533. The minimum absolute atomic E-state index is 0. The molecular formula is C39H45Cl3K2N12O7. The van der Waals surface area contributed by atoms with Crippen LogP contribution in [0.15, 0.2) is 61.4 Å². The Morgan fingerprint density at radius 3 is 1.54 bits per heavy atom. The van der Waals surface area contributed by atoms with E-state index in [9.17, 15) is 9.59 Å². The summed E-state index contributed by atoms with van der Waals surface area (Å²) in [5.41, 5.74) is 5.54. The van der Waals surface area contributed by atoms with Crippen LogP contribution in [0, 0.1) is 13.8 Å². The predicted molar refractivity (Wildman–Crippen MR) is 229 cm³/mol. The van der Waals surface area contributed by atoms with Gasteiger partial charge in [-0.15, -0.1) is 0 Å². The number of anilines is 2. The monoisotopic (exact) mass is 976 g/mol. The van der Waals surface area contributed by atoms with Gasteiger partial charge in [-0.05, 0) is 61.4 Å². The number of aliphatic hydroxyl groups excluding tert-OH is 1. The molecule has 6 aromatic rings. The van der Waals surface area contributed by atoms with Gasteiger partial charge in [0.1, 0.15) is 36.3 Å². The number of hydrogen-bond acceptors (Lipinski definition) is 15. The van der Waals surface area contributed by atoms with Crippen molar-refractivity contribution in [2.24, 2.45) is 0 Å². The van der Waals surface area contributed by atoms with E-state index in [-0.39, 0.29) is 136 Å². The number of carbonyl (C=O) groups excluding carboxylic acids is 3. The number of aryl methyl sites for hydroxylation is 2. The van der Waals surface area contributed by atoms with Gasteiger partial charge in [0, 0.05) is 80.9 Å². The molecule has 8 rings (SSSR count). The molecule has 0 saturated carbocycles. The number of aliphatic hydroxyl groups is 1. The second-order valence-electron chi connectivity index (χ2n) is 13.4. The second kappa shape index (κ2) is 27.1. The molecule has 0 unspecified atom stereocenters. The van der Waals surface area contributed by atoms with Crippen molar-refractivity contribution < 1.29 is 139 Å². The average Bonchev–Trinajstić information content (AvgIpc) is 3.91. The van der Waals surface area contributed by atoms with Crippen molar-refractivity contribution in [3.63, 3.8) is 0 Å². The third kappa shape index (κ3) is 14.5. The summed E-state index contributed by atoms with van der Waals surface area (Å²) in [6.07, 6.45) is 6.00. The average molecular weight is 978 g/mol. The fourth-order valence-corrected chi connectivity index (χ4v) is 7.08. The number of rotatable bonds is 8. The standard InChI is InChI=1S/C19H21ClN6O2.C18H18Cl2N6O.CH2O3.CH4O.2K.H/c1-13-9-14(3-4-16(13)20)24-5-7-25(8-6-24)17(27)11-26-18-15(10-23-26)19(28-2)22-12-21-18;1-12-8-13(2-3-15(12)19)24-4-6-25(7-5-24)16(27)10-26-18-14(9-23-26)17(20)21-11-22-18;2-1-4-3;1-2;;;/h3-4,9-10,12H,5-8,11H2,1-2H3;2-3,8-9,11H,4-7,10H2,1H3;1,3H;2H,1H3;;;/q;;;;2*+1;-1/p-1. The molecule has 1 N–H and O–H groups in total. The van der Waals surface area contributed by atoms with Crippen LogP contribution in [-0.4, -0.2) is 139 Å². The van der Waals surface area contributed by atoms with Gasteiger partial charge in [-0.1, -0.05) is 34.8 Å². The van der Waals surface area contributed by atoms with Gasteiger partial charge >= 0.3 is 103 Å². The molecule has 19 nitrogen and oxygen atoms in total. The summed E-state index contributed by atoms with van der Waals surface area (Å²) in [5, 5.41) is 27.2. The van der Waals surface area contributed by atoms with Crippen molar-refractivity contribution in [2.45, 2.75) is 26.9 Å². The molecule has 4 aromatic heterocycles. The summed E-state index contributed by atoms with van der Waals surface area (Å²) in [6, 6.07) is 12.0. The van der Waals surface area contributed by atoms with Gasteiger partial charge in [0.25, 0.3) is 6.47 Å². The molecule has 326 valence electrons. The number of carbonyl (C=O) groups is 3. The maximum atomic E-state index is 12.8. The molecule has 63 heavy (non-hydrogen) atoms. The van der Waals surface area contributed by atoms with Crippen molar-refractivity contribution >= 4 is 86.5 Å². The van der Waals surface area contributed by atoms with Crippen molar-refractivity contribution in [3.8, 4) is 5.88 Å². The fourth-order valence-electron chi connectivity index (χ4n) is 6.67. The molecule has 2 aliphatic heterocycles. The van der Waals surface area contributed by atoms with Crippen LogP contribution < -0.4 is 123 Å². The van der Waals surface area contributed by atoms with E-state index in [1.807, 2.05) is 47.9 Å². The maximum absolute atomic E-state index is 12.8. The fraction of sp³-hybridized carbons (Fsp3) is 0.359. The smallest absolute Gasteiger partial charge is 1.00 e. The van der Waals surface area contributed by atoms with Crippen LogP contribution in [0.4, 0.5) is 11.4 Å². The van der Waals surface area contributed by atoms with E-state index < -0.39 is 0 Å². The topological polar surface area (TPSA) is 213 Å². The number of amides is 2. The van der Waals surface area contributed by atoms with E-state index in [4.69, 9.17) is 54.7 Å². The first-order chi connectivity index (χ1) is 29.5. The summed E-state index contributed by atoms with van der Waals surface area (Å²) >= 11 is 18.3. The first-order valence-corrected chi connectivity index (χ1v) is 19.9. The number of piperazine rings is 2. The number of methoxy groups -OCH3 is 1. The Balaban J connectivity index is 0.000000377. The van der Waals surface area contributed by atoms with E-state index in [1.165, 1.54) is 12.7 Å². The Labute approximate surface area is 465 Å². The molecule has 0 aliphatic carbocycles. The Morgan fingerprint density at radius 2 is 1.13 bits per heavy atom. The van der Waals surface area contributed by atoms with Gasteiger partial charge in [0.15, 0.2) is 11.3 Å².